The average Bonchev–Trinajstić information content (AvgIpc) is 3.22. The van der Waals surface area contributed by atoms with Crippen molar-refractivity contribution in [2.24, 2.45) is 0 Å². The summed E-state index contributed by atoms with van der Waals surface area (Å²) in [5.41, 5.74) is 1.11. The maximum absolute atomic E-state index is 12.5. The minimum absolute atomic E-state index is 0.0533. The first-order valence-corrected chi connectivity index (χ1v) is 9.99. The number of hydrogen-bond acceptors (Lipinski definition) is 5. The van der Waals surface area contributed by atoms with Crippen LogP contribution >= 0.6 is 0 Å². The quantitative estimate of drug-likeness (QED) is 0.795. The van der Waals surface area contributed by atoms with Crippen molar-refractivity contribution in [2.75, 3.05) is 24.9 Å². The number of anilines is 1. The number of rotatable bonds is 5. The molecule has 0 spiro atoms. The number of amides is 1. The lowest BCUT2D eigenvalue weighted by atomic mass is 10.2. The first kappa shape index (κ1) is 18.9. The number of ether oxygens (including phenoxy) is 1. The van der Waals surface area contributed by atoms with Crippen LogP contribution in [0.3, 0.4) is 0 Å². The zero-order chi connectivity index (χ0) is 19.4. The average molecular weight is 388 g/mol. The minimum Gasteiger partial charge on any atom is -0.465 e. The zero-order valence-corrected chi connectivity index (χ0v) is 15.7. The molecule has 27 heavy (non-hydrogen) atoms. The number of carbonyl (C=O) groups is 2. The molecule has 0 atom stereocenters. The molecule has 1 fully saturated rings. The van der Waals surface area contributed by atoms with E-state index in [9.17, 15) is 18.0 Å². The fourth-order valence-electron chi connectivity index (χ4n) is 2.89. The summed E-state index contributed by atoms with van der Waals surface area (Å²) in [6, 6.07) is 11.8. The molecule has 1 N–H and O–H groups in total. The van der Waals surface area contributed by atoms with Crippen LogP contribution in [-0.4, -0.2) is 45.4 Å². The minimum atomic E-state index is -3.80. The summed E-state index contributed by atoms with van der Waals surface area (Å²) >= 11 is 0. The van der Waals surface area contributed by atoms with Crippen molar-refractivity contribution in [3.8, 4) is 0 Å². The molecule has 1 saturated heterocycles. The van der Waals surface area contributed by atoms with Crippen LogP contribution < -0.4 is 4.72 Å². The van der Waals surface area contributed by atoms with E-state index in [1.54, 1.807) is 4.90 Å². The Morgan fingerprint density at radius 2 is 1.48 bits per heavy atom. The third-order valence-electron chi connectivity index (χ3n) is 4.36. The number of methoxy groups -OCH3 is 1. The Kier molecular flexibility index (Phi) is 5.46. The summed E-state index contributed by atoms with van der Waals surface area (Å²) in [7, 11) is -2.53. The molecule has 0 radical (unpaired) electrons. The van der Waals surface area contributed by atoms with Crippen molar-refractivity contribution in [3.63, 3.8) is 0 Å². The fraction of sp³-hybridized carbons (Fsp3) is 0.263. The van der Waals surface area contributed by atoms with E-state index >= 15 is 0 Å². The van der Waals surface area contributed by atoms with E-state index in [4.69, 9.17) is 0 Å². The van der Waals surface area contributed by atoms with Crippen molar-refractivity contribution < 1.29 is 22.7 Å². The van der Waals surface area contributed by atoms with Gasteiger partial charge in [-0.3, -0.25) is 9.52 Å². The predicted octanol–water partition coefficient (Wildman–Crippen LogP) is 2.51. The lowest BCUT2D eigenvalue weighted by molar-refractivity contribution is 0.0600. The molecule has 0 bridgehead atoms. The molecular formula is C19H20N2O5S. The zero-order valence-electron chi connectivity index (χ0n) is 14.8. The molecule has 0 aromatic heterocycles. The summed E-state index contributed by atoms with van der Waals surface area (Å²) in [4.78, 5) is 25.6. The molecule has 0 saturated carbocycles. The SMILES string of the molecule is COC(=O)c1ccc(NS(=O)(=O)c2ccc(C(=O)N3CCCC3)cc2)cc1. The van der Waals surface area contributed by atoms with Crippen LogP contribution in [0.1, 0.15) is 33.6 Å². The van der Waals surface area contributed by atoms with E-state index in [0.717, 1.165) is 25.9 Å². The fourth-order valence-corrected chi connectivity index (χ4v) is 3.94. The molecule has 1 aliphatic rings. The summed E-state index contributed by atoms with van der Waals surface area (Å²) in [6.45, 7) is 1.48. The summed E-state index contributed by atoms with van der Waals surface area (Å²) < 4.78 is 32.1. The van der Waals surface area contributed by atoms with Gasteiger partial charge in [-0.1, -0.05) is 0 Å². The van der Waals surface area contributed by atoms with Gasteiger partial charge in [0.05, 0.1) is 17.6 Å². The standard InChI is InChI=1S/C19H20N2O5S/c1-26-19(23)15-4-8-16(9-5-15)20-27(24,25)17-10-6-14(7-11-17)18(22)21-12-2-3-13-21/h4-11,20H,2-3,12-13H2,1H3. The van der Waals surface area contributed by atoms with Crippen molar-refractivity contribution >= 4 is 27.6 Å². The van der Waals surface area contributed by atoms with E-state index in [1.165, 1.54) is 55.6 Å². The van der Waals surface area contributed by atoms with Crippen LogP contribution in [-0.2, 0) is 14.8 Å². The molecule has 7 nitrogen and oxygen atoms in total. The molecule has 1 amide bonds. The molecule has 8 heteroatoms. The Labute approximate surface area is 158 Å². The number of nitrogens with one attached hydrogen (secondary N) is 1. The Bertz CT molecular complexity index is 931. The Morgan fingerprint density at radius 3 is 2.04 bits per heavy atom. The van der Waals surface area contributed by atoms with Crippen LogP contribution in [0.5, 0.6) is 0 Å². The summed E-state index contributed by atoms with van der Waals surface area (Å²) in [5, 5.41) is 0. The van der Waals surface area contributed by atoms with Crippen molar-refractivity contribution in [1.82, 2.24) is 4.90 Å². The number of hydrogen-bond donors (Lipinski definition) is 1. The van der Waals surface area contributed by atoms with Crippen LogP contribution in [0.2, 0.25) is 0 Å². The number of sulfonamides is 1. The number of likely N-dealkylation sites (tertiary alicyclic amines) is 1. The molecule has 3 rings (SSSR count). The van der Waals surface area contributed by atoms with Gasteiger partial charge in [0.1, 0.15) is 0 Å². The molecular weight excluding hydrogens is 368 g/mol. The lowest BCUT2D eigenvalue weighted by Crippen LogP contribution is -2.27. The predicted molar refractivity (Wildman–Crippen MR) is 100 cm³/mol. The second-order valence-electron chi connectivity index (χ2n) is 6.20. The van der Waals surface area contributed by atoms with Crippen molar-refractivity contribution in [2.45, 2.75) is 17.7 Å². The van der Waals surface area contributed by atoms with E-state index < -0.39 is 16.0 Å². The molecule has 0 unspecified atom stereocenters. The molecule has 1 aliphatic heterocycles. The van der Waals surface area contributed by atoms with Gasteiger partial charge in [0, 0.05) is 24.3 Å². The van der Waals surface area contributed by atoms with Gasteiger partial charge in [-0.15, -0.1) is 0 Å². The second-order valence-corrected chi connectivity index (χ2v) is 7.88. The molecule has 0 aliphatic carbocycles. The highest BCUT2D eigenvalue weighted by Crippen LogP contribution is 2.19. The van der Waals surface area contributed by atoms with E-state index in [2.05, 4.69) is 9.46 Å². The van der Waals surface area contributed by atoms with Crippen LogP contribution in [0.15, 0.2) is 53.4 Å². The molecule has 1 heterocycles. The summed E-state index contributed by atoms with van der Waals surface area (Å²) in [5.74, 6) is -0.578. The van der Waals surface area contributed by atoms with Crippen molar-refractivity contribution in [1.29, 1.82) is 0 Å². The van der Waals surface area contributed by atoms with Crippen LogP contribution in [0, 0.1) is 0 Å². The van der Waals surface area contributed by atoms with E-state index in [1.807, 2.05) is 0 Å². The smallest absolute Gasteiger partial charge is 0.337 e. The number of esters is 1. The molecule has 142 valence electrons. The first-order chi connectivity index (χ1) is 12.9. The van der Waals surface area contributed by atoms with Crippen LogP contribution in [0.25, 0.3) is 0 Å². The second kappa shape index (κ2) is 7.79. The van der Waals surface area contributed by atoms with Crippen LogP contribution in [0.4, 0.5) is 5.69 Å². The molecule has 2 aromatic rings. The van der Waals surface area contributed by atoms with Gasteiger partial charge in [-0.05, 0) is 61.4 Å². The number of carbonyl (C=O) groups excluding carboxylic acids is 2. The van der Waals surface area contributed by atoms with Gasteiger partial charge in [0.25, 0.3) is 15.9 Å². The summed E-state index contributed by atoms with van der Waals surface area (Å²) in [6.07, 6.45) is 1.99. The largest absolute Gasteiger partial charge is 0.465 e. The van der Waals surface area contributed by atoms with Crippen molar-refractivity contribution in [3.05, 3.63) is 59.7 Å². The highest BCUT2D eigenvalue weighted by Gasteiger charge is 2.21. The maximum Gasteiger partial charge on any atom is 0.337 e. The highest BCUT2D eigenvalue weighted by atomic mass is 32.2. The third-order valence-corrected chi connectivity index (χ3v) is 5.76. The van der Waals surface area contributed by atoms with Gasteiger partial charge in [0.2, 0.25) is 0 Å². The first-order valence-electron chi connectivity index (χ1n) is 8.51. The van der Waals surface area contributed by atoms with Gasteiger partial charge in [-0.25, -0.2) is 13.2 Å². The molecule has 2 aromatic carbocycles. The lowest BCUT2D eigenvalue weighted by Gasteiger charge is -2.15. The Balaban J connectivity index is 1.72. The maximum atomic E-state index is 12.5. The highest BCUT2D eigenvalue weighted by molar-refractivity contribution is 7.92. The van der Waals surface area contributed by atoms with Gasteiger partial charge < -0.3 is 9.64 Å². The number of benzene rings is 2. The number of nitrogens with zero attached hydrogens (tertiary/aromatic N) is 1. The third kappa shape index (κ3) is 4.28. The van der Waals surface area contributed by atoms with E-state index in [0.29, 0.717) is 16.8 Å². The van der Waals surface area contributed by atoms with Gasteiger partial charge >= 0.3 is 5.97 Å². The normalized spacial score (nSPS) is 14.0. The van der Waals surface area contributed by atoms with Gasteiger partial charge in [-0.2, -0.15) is 0 Å². The van der Waals surface area contributed by atoms with Gasteiger partial charge in [0.15, 0.2) is 0 Å². The Morgan fingerprint density at radius 1 is 0.926 bits per heavy atom. The van der Waals surface area contributed by atoms with E-state index in [-0.39, 0.29) is 10.8 Å². The Hall–Kier alpha value is -2.87. The monoisotopic (exact) mass is 388 g/mol. The topological polar surface area (TPSA) is 92.8 Å².